The smallest absolute Gasteiger partial charge is 0.137 e. The summed E-state index contributed by atoms with van der Waals surface area (Å²) >= 11 is 9.22. The largest absolute Gasteiger partial charge is 0.495 e. The topological polar surface area (TPSA) is 44.2 Å². The number of methoxy groups -OCH3 is 1. The summed E-state index contributed by atoms with van der Waals surface area (Å²) in [5.74, 6) is 0.711. The molecule has 106 valence electrons. The van der Waals surface area contributed by atoms with E-state index >= 15 is 0 Å². The van der Waals surface area contributed by atoms with Crippen LogP contribution < -0.4 is 4.74 Å². The summed E-state index contributed by atoms with van der Waals surface area (Å²) in [6, 6.07) is 7.46. The minimum Gasteiger partial charge on any atom is -0.495 e. The molecular formula is C14H14BrClN2O2. The minimum atomic E-state index is 0.464. The first-order valence-electron chi connectivity index (χ1n) is 6.06. The van der Waals surface area contributed by atoms with E-state index in [1.165, 1.54) is 0 Å². The lowest BCUT2D eigenvalue weighted by atomic mass is 10.3. The van der Waals surface area contributed by atoms with E-state index < -0.39 is 0 Å². The van der Waals surface area contributed by atoms with Gasteiger partial charge in [0.05, 0.1) is 26.5 Å². The standard InChI is InChI=1S/C14H14BrClN2O2/c1-19-12-7-10(14(15)17-8-12)9-20-6-5-11-3-2-4-13(16)18-11/h2-4,7-8H,5-6,9H2,1H3. The van der Waals surface area contributed by atoms with Crippen LogP contribution in [0.15, 0.2) is 35.1 Å². The number of hydrogen-bond donors (Lipinski definition) is 0. The number of halogens is 2. The van der Waals surface area contributed by atoms with Gasteiger partial charge < -0.3 is 9.47 Å². The number of pyridine rings is 2. The second-order valence-electron chi connectivity index (χ2n) is 4.08. The SMILES string of the molecule is COc1cnc(Br)c(COCCc2cccc(Cl)n2)c1. The Balaban J connectivity index is 1.84. The molecule has 4 nitrogen and oxygen atoms in total. The zero-order valence-electron chi connectivity index (χ0n) is 11.0. The lowest BCUT2D eigenvalue weighted by Gasteiger charge is -2.07. The predicted molar refractivity (Wildman–Crippen MR) is 81.1 cm³/mol. The average Bonchev–Trinajstić information content (AvgIpc) is 2.45. The molecule has 2 aromatic heterocycles. The Hall–Kier alpha value is -1.17. The minimum absolute atomic E-state index is 0.464. The molecule has 0 unspecified atom stereocenters. The van der Waals surface area contributed by atoms with Gasteiger partial charge >= 0.3 is 0 Å². The Labute approximate surface area is 131 Å². The highest BCUT2D eigenvalue weighted by Crippen LogP contribution is 2.20. The van der Waals surface area contributed by atoms with E-state index in [-0.39, 0.29) is 0 Å². The van der Waals surface area contributed by atoms with Crippen molar-refractivity contribution >= 4 is 27.5 Å². The molecule has 2 rings (SSSR count). The maximum Gasteiger partial charge on any atom is 0.137 e. The Kier molecular flexibility index (Phi) is 5.76. The Morgan fingerprint density at radius 2 is 2.20 bits per heavy atom. The molecular weight excluding hydrogens is 344 g/mol. The molecule has 0 bridgehead atoms. The van der Waals surface area contributed by atoms with Gasteiger partial charge in [-0.15, -0.1) is 0 Å². The maximum atomic E-state index is 5.83. The molecule has 0 fully saturated rings. The van der Waals surface area contributed by atoms with Crippen LogP contribution in [-0.4, -0.2) is 23.7 Å². The lowest BCUT2D eigenvalue weighted by Crippen LogP contribution is -2.02. The van der Waals surface area contributed by atoms with Crippen LogP contribution >= 0.6 is 27.5 Å². The third kappa shape index (κ3) is 4.44. The van der Waals surface area contributed by atoms with E-state index in [4.69, 9.17) is 21.1 Å². The van der Waals surface area contributed by atoms with Gasteiger partial charge in [-0.1, -0.05) is 17.7 Å². The van der Waals surface area contributed by atoms with E-state index in [9.17, 15) is 0 Å². The summed E-state index contributed by atoms with van der Waals surface area (Å²) < 4.78 is 11.5. The van der Waals surface area contributed by atoms with Gasteiger partial charge in [-0.2, -0.15) is 0 Å². The van der Waals surface area contributed by atoms with Gasteiger partial charge in [0.25, 0.3) is 0 Å². The summed E-state index contributed by atoms with van der Waals surface area (Å²) in [5, 5.41) is 0.502. The molecule has 0 radical (unpaired) electrons. The highest BCUT2D eigenvalue weighted by Gasteiger charge is 2.04. The second-order valence-corrected chi connectivity index (χ2v) is 5.22. The third-order valence-corrected chi connectivity index (χ3v) is 3.58. The molecule has 0 aliphatic carbocycles. The zero-order chi connectivity index (χ0) is 14.4. The molecule has 0 atom stereocenters. The normalized spacial score (nSPS) is 10.6. The molecule has 0 aliphatic rings. The fourth-order valence-electron chi connectivity index (χ4n) is 1.63. The first kappa shape index (κ1) is 15.2. The van der Waals surface area contributed by atoms with Crippen LogP contribution in [0.3, 0.4) is 0 Å². The zero-order valence-corrected chi connectivity index (χ0v) is 13.3. The third-order valence-electron chi connectivity index (χ3n) is 2.66. The fourth-order valence-corrected chi connectivity index (χ4v) is 2.15. The quantitative estimate of drug-likeness (QED) is 0.584. The number of ether oxygens (including phenoxy) is 2. The monoisotopic (exact) mass is 356 g/mol. The first-order chi connectivity index (χ1) is 9.69. The fraction of sp³-hybridized carbons (Fsp3) is 0.286. The molecule has 0 aliphatic heterocycles. The van der Waals surface area contributed by atoms with Crippen LogP contribution in [0.4, 0.5) is 0 Å². The molecule has 20 heavy (non-hydrogen) atoms. The van der Waals surface area contributed by atoms with Gasteiger partial charge in [-0.25, -0.2) is 9.97 Å². The average molecular weight is 358 g/mol. The second kappa shape index (κ2) is 7.57. The number of aromatic nitrogens is 2. The van der Waals surface area contributed by atoms with Gasteiger partial charge in [0.2, 0.25) is 0 Å². The van der Waals surface area contributed by atoms with Crippen LogP contribution in [0, 0.1) is 0 Å². The van der Waals surface area contributed by atoms with Crippen molar-refractivity contribution in [3.05, 3.63) is 51.5 Å². The van der Waals surface area contributed by atoms with E-state index in [0.29, 0.717) is 24.1 Å². The molecule has 0 saturated carbocycles. The van der Waals surface area contributed by atoms with Gasteiger partial charge in [0.1, 0.15) is 15.5 Å². The van der Waals surface area contributed by atoms with Crippen molar-refractivity contribution in [1.82, 2.24) is 9.97 Å². The van der Waals surface area contributed by atoms with Crippen molar-refractivity contribution in [1.29, 1.82) is 0 Å². The van der Waals surface area contributed by atoms with E-state index in [0.717, 1.165) is 22.3 Å². The van der Waals surface area contributed by atoms with Crippen LogP contribution in [0.2, 0.25) is 5.15 Å². The summed E-state index contributed by atoms with van der Waals surface area (Å²) in [4.78, 5) is 8.39. The molecule has 0 aromatic carbocycles. The van der Waals surface area contributed by atoms with Crippen LogP contribution in [0.1, 0.15) is 11.3 Å². The maximum absolute atomic E-state index is 5.83. The van der Waals surface area contributed by atoms with Gasteiger partial charge in [-0.3, -0.25) is 0 Å². The summed E-state index contributed by atoms with van der Waals surface area (Å²) in [6.07, 6.45) is 2.37. The highest BCUT2D eigenvalue weighted by atomic mass is 79.9. The van der Waals surface area contributed by atoms with Crippen molar-refractivity contribution < 1.29 is 9.47 Å². The Morgan fingerprint density at radius 3 is 2.95 bits per heavy atom. The Morgan fingerprint density at radius 1 is 1.35 bits per heavy atom. The molecule has 0 N–H and O–H groups in total. The number of hydrogen-bond acceptors (Lipinski definition) is 4. The van der Waals surface area contributed by atoms with Crippen molar-refractivity contribution in [3.63, 3.8) is 0 Å². The first-order valence-corrected chi connectivity index (χ1v) is 7.23. The van der Waals surface area contributed by atoms with E-state index in [1.54, 1.807) is 19.4 Å². The van der Waals surface area contributed by atoms with Crippen molar-refractivity contribution in [3.8, 4) is 5.75 Å². The summed E-state index contributed by atoms with van der Waals surface area (Å²) in [7, 11) is 1.61. The van der Waals surface area contributed by atoms with Gasteiger partial charge in [-0.05, 0) is 34.1 Å². The van der Waals surface area contributed by atoms with Gasteiger partial charge in [0, 0.05) is 17.7 Å². The molecule has 0 saturated heterocycles. The van der Waals surface area contributed by atoms with E-state index in [2.05, 4.69) is 25.9 Å². The number of nitrogens with zero attached hydrogens (tertiary/aromatic N) is 2. The molecule has 2 aromatic rings. The predicted octanol–water partition coefficient (Wildman–Crippen LogP) is 3.66. The molecule has 0 amide bonds. The van der Waals surface area contributed by atoms with Crippen LogP contribution in [-0.2, 0) is 17.8 Å². The highest BCUT2D eigenvalue weighted by molar-refractivity contribution is 9.10. The number of rotatable bonds is 6. The van der Waals surface area contributed by atoms with Crippen molar-refractivity contribution in [2.24, 2.45) is 0 Å². The van der Waals surface area contributed by atoms with Crippen LogP contribution in [0.25, 0.3) is 0 Å². The summed E-state index contributed by atoms with van der Waals surface area (Å²) in [6.45, 7) is 1.03. The van der Waals surface area contributed by atoms with E-state index in [1.807, 2.05) is 18.2 Å². The molecule has 0 spiro atoms. The molecule has 6 heteroatoms. The molecule has 2 heterocycles. The van der Waals surface area contributed by atoms with Gasteiger partial charge in [0.15, 0.2) is 0 Å². The van der Waals surface area contributed by atoms with Crippen LogP contribution in [0.5, 0.6) is 5.75 Å². The van der Waals surface area contributed by atoms with Crippen molar-refractivity contribution in [2.45, 2.75) is 13.0 Å². The van der Waals surface area contributed by atoms with Crippen molar-refractivity contribution in [2.75, 3.05) is 13.7 Å². The lowest BCUT2D eigenvalue weighted by molar-refractivity contribution is 0.122. The Bertz CT molecular complexity index is 581. The summed E-state index contributed by atoms with van der Waals surface area (Å²) in [5.41, 5.74) is 1.86.